The molecular weight excluding hydrogens is 404 g/mol. The number of nitrogens with one attached hydrogen (secondary N) is 1. The van der Waals surface area contributed by atoms with E-state index in [1.54, 1.807) is 29.3 Å². The van der Waals surface area contributed by atoms with Crippen molar-refractivity contribution in [1.29, 1.82) is 0 Å². The van der Waals surface area contributed by atoms with Gasteiger partial charge in [-0.1, -0.05) is 48.5 Å². The molecule has 7 nitrogen and oxygen atoms in total. The number of hydrogen-bond acceptors (Lipinski definition) is 5. The van der Waals surface area contributed by atoms with Crippen LogP contribution in [0.1, 0.15) is 15.9 Å². The van der Waals surface area contributed by atoms with Crippen molar-refractivity contribution in [3.63, 3.8) is 0 Å². The van der Waals surface area contributed by atoms with E-state index in [0.29, 0.717) is 23.2 Å². The molecular formula is C25H22N4O3. The lowest BCUT2D eigenvalue weighted by atomic mass is 10.0. The van der Waals surface area contributed by atoms with Gasteiger partial charge in [0, 0.05) is 30.6 Å². The molecule has 0 saturated heterocycles. The minimum atomic E-state index is -0.836. The fourth-order valence-electron chi connectivity index (χ4n) is 3.39. The predicted molar refractivity (Wildman–Crippen MR) is 120 cm³/mol. The van der Waals surface area contributed by atoms with Crippen molar-refractivity contribution in [2.75, 3.05) is 7.11 Å². The molecule has 4 aromatic rings. The van der Waals surface area contributed by atoms with E-state index in [4.69, 9.17) is 4.74 Å². The van der Waals surface area contributed by atoms with E-state index in [1.165, 1.54) is 7.11 Å². The highest BCUT2D eigenvalue weighted by molar-refractivity contribution is 6.01. The zero-order chi connectivity index (χ0) is 22.3. The number of hydrogen-bond donors (Lipinski definition) is 1. The molecule has 1 N–H and O–H groups in total. The SMILES string of the molecule is COC(=O)[C@H](Cc1ccccc1)NC(=O)c1cn(-c2ccccc2)nc1-c1cccnc1. The third-order valence-electron chi connectivity index (χ3n) is 4.99. The van der Waals surface area contributed by atoms with Crippen molar-refractivity contribution in [1.82, 2.24) is 20.1 Å². The number of ether oxygens (including phenoxy) is 1. The van der Waals surface area contributed by atoms with Gasteiger partial charge in [0.05, 0.1) is 18.4 Å². The smallest absolute Gasteiger partial charge is 0.328 e. The highest BCUT2D eigenvalue weighted by Gasteiger charge is 2.26. The first-order chi connectivity index (χ1) is 15.7. The number of pyridine rings is 1. The second-order valence-corrected chi connectivity index (χ2v) is 7.15. The Morgan fingerprint density at radius 2 is 1.72 bits per heavy atom. The molecule has 1 atom stereocenters. The van der Waals surface area contributed by atoms with E-state index in [-0.39, 0.29) is 0 Å². The fourth-order valence-corrected chi connectivity index (χ4v) is 3.39. The Morgan fingerprint density at radius 3 is 2.38 bits per heavy atom. The summed E-state index contributed by atoms with van der Waals surface area (Å²) < 4.78 is 6.57. The van der Waals surface area contributed by atoms with Gasteiger partial charge in [0.15, 0.2) is 0 Å². The minimum absolute atomic E-state index is 0.314. The van der Waals surface area contributed by atoms with Crippen LogP contribution in [-0.2, 0) is 16.0 Å². The van der Waals surface area contributed by atoms with Crippen molar-refractivity contribution in [2.24, 2.45) is 0 Å². The van der Waals surface area contributed by atoms with Crippen molar-refractivity contribution >= 4 is 11.9 Å². The first kappa shape index (κ1) is 21.0. The Kier molecular flexibility index (Phi) is 6.36. The van der Waals surface area contributed by atoms with Gasteiger partial charge in [-0.05, 0) is 29.8 Å². The van der Waals surface area contributed by atoms with Gasteiger partial charge < -0.3 is 10.1 Å². The summed E-state index contributed by atoms with van der Waals surface area (Å²) in [6.45, 7) is 0. The van der Waals surface area contributed by atoms with Crippen LogP contribution in [0, 0.1) is 0 Å². The van der Waals surface area contributed by atoms with E-state index in [2.05, 4.69) is 15.4 Å². The third-order valence-corrected chi connectivity index (χ3v) is 4.99. The molecule has 7 heteroatoms. The van der Waals surface area contributed by atoms with Crippen molar-refractivity contribution in [3.8, 4) is 16.9 Å². The molecule has 0 aliphatic rings. The molecule has 0 aliphatic carbocycles. The lowest BCUT2D eigenvalue weighted by Gasteiger charge is -2.16. The van der Waals surface area contributed by atoms with Crippen LogP contribution < -0.4 is 5.32 Å². The van der Waals surface area contributed by atoms with E-state index in [9.17, 15) is 9.59 Å². The maximum atomic E-state index is 13.3. The average molecular weight is 426 g/mol. The molecule has 1 amide bonds. The maximum Gasteiger partial charge on any atom is 0.328 e. The molecule has 0 radical (unpaired) electrons. The van der Waals surface area contributed by atoms with Crippen LogP contribution in [0.15, 0.2) is 91.4 Å². The highest BCUT2D eigenvalue weighted by Crippen LogP contribution is 2.23. The van der Waals surface area contributed by atoms with Crippen LogP contribution in [0.4, 0.5) is 0 Å². The van der Waals surface area contributed by atoms with Crippen molar-refractivity contribution in [2.45, 2.75) is 12.5 Å². The number of nitrogens with zero attached hydrogens (tertiary/aromatic N) is 3. The van der Waals surface area contributed by atoms with Gasteiger partial charge >= 0.3 is 5.97 Å². The van der Waals surface area contributed by atoms with Gasteiger partial charge in [-0.2, -0.15) is 5.10 Å². The number of methoxy groups -OCH3 is 1. The highest BCUT2D eigenvalue weighted by atomic mass is 16.5. The second kappa shape index (κ2) is 9.70. The fraction of sp³-hybridized carbons (Fsp3) is 0.120. The Labute approximate surface area is 185 Å². The van der Waals surface area contributed by atoms with Gasteiger partial charge in [0.1, 0.15) is 11.7 Å². The number of para-hydroxylation sites is 1. The number of amides is 1. The molecule has 2 aromatic carbocycles. The Balaban J connectivity index is 1.68. The molecule has 32 heavy (non-hydrogen) atoms. The standard InChI is InChI=1S/C25H22N4O3/c1-32-25(31)22(15-18-9-4-2-5-10-18)27-24(30)21-17-29(20-12-6-3-7-13-20)28-23(21)19-11-8-14-26-16-19/h2-14,16-17,22H,15H2,1H3,(H,27,30)/t22-/m0/s1. The summed E-state index contributed by atoms with van der Waals surface area (Å²) >= 11 is 0. The minimum Gasteiger partial charge on any atom is -0.467 e. The first-order valence-corrected chi connectivity index (χ1v) is 10.1. The zero-order valence-corrected chi connectivity index (χ0v) is 17.5. The van der Waals surface area contributed by atoms with Crippen molar-refractivity contribution in [3.05, 3.63) is 103 Å². The van der Waals surface area contributed by atoms with E-state index in [1.807, 2.05) is 66.7 Å². The molecule has 0 fully saturated rings. The summed E-state index contributed by atoms with van der Waals surface area (Å²) in [6, 6.07) is 21.7. The van der Waals surface area contributed by atoms with Gasteiger partial charge in [-0.3, -0.25) is 9.78 Å². The largest absolute Gasteiger partial charge is 0.467 e. The van der Waals surface area contributed by atoms with Gasteiger partial charge in [-0.25, -0.2) is 9.48 Å². The molecule has 0 spiro atoms. The molecule has 0 unspecified atom stereocenters. The summed E-state index contributed by atoms with van der Waals surface area (Å²) in [5.74, 6) is -0.932. The van der Waals surface area contributed by atoms with Crippen molar-refractivity contribution < 1.29 is 14.3 Å². The van der Waals surface area contributed by atoms with Gasteiger partial charge in [0.2, 0.25) is 0 Å². The molecule has 0 saturated carbocycles. The maximum absolute atomic E-state index is 13.3. The van der Waals surface area contributed by atoms with Crippen LogP contribution in [0.2, 0.25) is 0 Å². The second-order valence-electron chi connectivity index (χ2n) is 7.15. The molecule has 4 rings (SSSR count). The summed E-state index contributed by atoms with van der Waals surface area (Å²) in [4.78, 5) is 29.9. The van der Waals surface area contributed by atoms with Crippen LogP contribution in [0.25, 0.3) is 16.9 Å². The number of carbonyl (C=O) groups excluding carboxylic acids is 2. The summed E-state index contributed by atoms with van der Waals surface area (Å²) in [7, 11) is 1.31. The normalized spacial score (nSPS) is 11.5. The topological polar surface area (TPSA) is 86.1 Å². The van der Waals surface area contributed by atoms with E-state index >= 15 is 0 Å². The van der Waals surface area contributed by atoms with Gasteiger partial charge in [-0.15, -0.1) is 0 Å². The molecule has 0 aliphatic heterocycles. The summed E-state index contributed by atoms with van der Waals surface area (Å²) in [5.41, 5.74) is 3.23. The monoisotopic (exact) mass is 426 g/mol. The lowest BCUT2D eigenvalue weighted by molar-refractivity contribution is -0.142. The number of esters is 1. The van der Waals surface area contributed by atoms with Crippen LogP contribution in [0.5, 0.6) is 0 Å². The predicted octanol–water partition coefficient (Wildman–Crippen LogP) is 3.45. The Morgan fingerprint density at radius 1 is 1.00 bits per heavy atom. The van der Waals surface area contributed by atoms with Crippen LogP contribution in [-0.4, -0.2) is 39.8 Å². The zero-order valence-electron chi connectivity index (χ0n) is 17.5. The van der Waals surface area contributed by atoms with E-state index in [0.717, 1.165) is 11.3 Å². The molecule has 2 heterocycles. The summed E-state index contributed by atoms with van der Waals surface area (Å²) in [6.07, 6.45) is 5.28. The Bertz CT molecular complexity index is 1190. The Hall–Kier alpha value is -4.26. The van der Waals surface area contributed by atoms with Gasteiger partial charge in [0.25, 0.3) is 5.91 Å². The lowest BCUT2D eigenvalue weighted by Crippen LogP contribution is -2.43. The molecule has 160 valence electrons. The molecule has 2 aromatic heterocycles. The quantitative estimate of drug-likeness (QED) is 0.458. The number of rotatable bonds is 7. The number of carbonyl (C=O) groups is 2. The average Bonchev–Trinajstić information content (AvgIpc) is 3.31. The van der Waals surface area contributed by atoms with E-state index < -0.39 is 17.9 Å². The van der Waals surface area contributed by atoms with Crippen LogP contribution >= 0.6 is 0 Å². The first-order valence-electron chi connectivity index (χ1n) is 10.1. The molecule has 0 bridgehead atoms. The summed E-state index contributed by atoms with van der Waals surface area (Å²) in [5, 5.41) is 7.45. The third kappa shape index (κ3) is 4.73. The number of benzene rings is 2. The van der Waals surface area contributed by atoms with Crippen LogP contribution in [0.3, 0.4) is 0 Å². The number of aromatic nitrogens is 3.